The molecule has 3 heterocycles. The minimum atomic E-state index is -0.437. The van der Waals surface area contributed by atoms with E-state index in [9.17, 15) is 9.90 Å². The first-order valence-electron chi connectivity index (χ1n) is 10.9. The maximum absolute atomic E-state index is 11.5. The summed E-state index contributed by atoms with van der Waals surface area (Å²) >= 11 is 0. The van der Waals surface area contributed by atoms with Gasteiger partial charge in [-0.3, -0.25) is 4.90 Å². The minimum absolute atomic E-state index is 0.256. The molecule has 1 aliphatic carbocycles. The van der Waals surface area contributed by atoms with E-state index in [0.717, 1.165) is 11.5 Å². The predicted octanol–water partition coefficient (Wildman–Crippen LogP) is 2.60. The monoisotopic (exact) mass is 381 g/mol. The maximum Gasteiger partial charge on any atom is 0.410 e. The van der Waals surface area contributed by atoms with Crippen molar-refractivity contribution in [2.75, 3.05) is 39.3 Å². The van der Waals surface area contributed by atoms with E-state index in [0.29, 0.717) is 25.9 Å². The number of hydrogen-bond donors (Lipinski definition) is 2. The molecule has 4 fully saturated rings. The Kier molecular flexibility index (Phi) is 6.70. The first-order chi connectivity index (χ1) is 12.8. The van der Waals surface area contributed by atoms with E-state index < -0.39 is 5.60 Å². The largest absolute Gasteiger partial charge is 0.444 e. The zero-order chi connectivity index (χ0) is 19.5. The second-order valence-electron chi connectivity index (χ2n) is 9.94. The van der Waals surface area contributed by atoms with Crippen LogP contribution in [-0.4, -0.2) is 78.0 Å². The third-order valence-electron chi connectivity index (χ3n) is 6.45. The number of carbonyl (C=O) groups is 1. The Hall–Kier alpha value is -0.850. The molecule has 0 aromatic carbocycles. The van der Waals surface area contributed by atoms with Crippen LogP contribution in [0.2, 0.25) is 0 Å². The van der Waals surface area contributed by atoms with E-state index in [1.807, 2.05) is 20.8 Å². The highest BCUT2D eigenvalue weighted by molar-refractivity contribution is 5.68. The van der Waals surface area contributed by atoms with Gasteiger partial charge >= 0.3 is 6.09 Å². The molecule has 1 amide bonds. The normalized spacial score (nSPS) is 26.6. The summed E-state index contributed by atoms with van der Waals surface area (Å²) in [7, 11) is 0. The molecule has 3 saturated heterocycles. The Morgan fingerprint density at radius 1 is 1.07 bits per heavy atom. The Bertz CT molecular complexity index is 479. The molecular formula is C21H39N3O3. The first kappa shape index (κ1) is 20.9. The number of amides is 1. The van der Waals surface area contributed by atoms with Gasteiger partial charge in [-0.05, 0) is 77.8 Å². The van der Waals surface area contributed by atoms with Crippen LogP contribution in [-0.2, 0) is 4.74 Å². The minimum Gasteiger partial charge on any atom is -0.444 e. The highest BCUT2D eigenvalue weighted by Crippen LogP contribution is 2.42. The van der Waals surface area contributed by atoms with Crippen molar-refractivity contribution in [2.45, 2.75) is 83.5 Å². The molecular weight excluding hydrogens is 342 g/mol. The van der Waals surface area contributed by atoms with Gasteiger partial charge in [-0.1, -0.05) is 6.42 Å². The Morgan fingerprint density at radius 3 is 2.15 bits per heavy atom. The van der Waals surface area contributed by atoms with Gasteiger partial charge in [0.05, 0.1) is 6.10 Å². The van der Waals surface area contributed by atoms with E-state index in [2.05, 4.69) is 10.2 Å². The summed E-state index contributed by atoms with van der Waals surface area (Å²) in [6, 6.07) is 0.987. The maximum atomic E-state index is 11.5. The van der Waals surface area contributed by atoms with Gasteiger partial charge < -0.3 is 20.1 Å². The van der Waals surface area contributed by atoms with Crippen molar-refractivity contribution in [1.29, 1.82) is 0 Å². The van der Waals surface area contributed by atoms with Crippen LogP contribution in [0.4, 0.5) is 4.79 Å². The van der Waals surface area contributed by atoms with Crippen LogP contribution in [0.3, 0.4) is 0 Å². The van der Waals surface area contributed by atoms with Gasteiger partial charge in [-0.15, -0.1) is 0 Å². The van der Waals surface area contributed by atoms with Crippen molar-refractivity contribution >= 4 is 6.09 Å². The number of piperidine rings is 2. The summed E-state index contributed by atoms with van der Waals surface area (Å²) in [5.41, 5.74) is 0.313. The van der Waals surface area contributed by atoms with Crippen LogP contribution in [0.15, 0.2) is 0 Å². The highest BCUT2D eigenvalue weighted by Gasteiger charge is 2.46. The molecule has 1 saturated carbocycles. The van der Waals surface area contributed by atoms with Gasteiger partial charge in [0.1, 0.15) is 5.60 Å². The third-order valence-corrected chi connectivity index (χ3v) is 6.45. The van der Waals surface area contributed by atoms with Gasteiger partial charge in [-0.2, -0.15) is 0 Å². The van der Waals surface area contributed by atoms with E-state index >= 15 is 0 Å². The highest BCUT2D eigenvalue weighted by atomic mass is 16.6. The SMILES string of the molecule is C1CC(N2CC3(CCNCC3)C2)C1.CC(C)(C)OC(=O)N1CCC(O)CC1. The van der Waals surface area contributed by atoms with Crippen molar-refractivity contribution in [3.05, 3.63) is 0 Å². The van der Waals surface area contributed by atoms with Gasteiger partial charge in [0.2, 0.25) is 0 Å². The number of nitrogens with zero attached hydrogens (tertiary/aromatic N) is 2. The zero-order valence-corrected chi connectivity index (χ0v) is 17.5. The number of carbonyl (C=O) groups excluding carboxylic acids is 1. The second-order valence-corrected chi connectivity index (χ2v) is 9.94. The van der Waals surface area contributed by atoms with Crippen molar-refractivity contribution in [3.8, 4) is 0 Å². The molecule has 156 valence electrons. The third kappa shape index (κ3) is 5.81. The fourth-order valence-corrected chi connectivity index (χ4v) is 4.47. The van der Waals surface area contributed by atoms with Crippen molar-refractivity contribution in [3.63, 3.8) is 0 Å². The average Bonchev–Trinajstić information content (AvgIpc) is 2.52. The fraction of sp³-hybridized carbons (Fsp3) is 0.952. The summed E-state index contributed by atoms with van der Waals surface area (Å²) in [5, 5.41) is 12.7. The molecule has 0 aromatic rings. The first-order valence-corrected chi connectivity index (χ1v) is 10.9. The summed E-state index contributed by atoms with van der Waals surface area (Å²) in [4.78, 5) is 15.9. The predicted molar refractivity (Wildman–Crippen MR) is 107 cm³/mol. The van der Waals surface area contributed by atoms with Crippen LogP contribution >= 0.6 is 0 Å². The van der Waals surface area contributed by atoms with Gasteiger partial charge in [-0.25, -0.2) is 4.79 Å². The van der Waals surface area contributed by atoms with E-state index in [-0.39, 0.29) is 12.2 Å². The van der Waals surface area contributed by atoms with Crippen LogP contribution in [0.25, 0.3) is 0 Å². The molecule has 1 spiro atoms. The molecule has 6 nitrogen and oxygen atoms in total. The molecule has 0 unspecified atom stereocenters. The molecule has 0 aromatic heterocycles. The van der Waals surface area contributed by atoms with Gasteiger partial charge in [0.15, 0.2) is 0 Å². The molecule has 6 heteroatoms. The lowest BCUT2D eigenvalue weighted by atomic mass is 9.70. The Labute approximate surface area is 164 Å². The quantitative estimate of drug-likeness (QED) is 0.731. The molecule has 27 heavy (non-hydrogen) atoms. The summed E-state index contributed by atoms with van der Waals surface area (Å²) < 4.78 is 5.22. The van der Waals surface area contributed by atoms with E-state index in [1.165, 1.54) is 58.3 Å². The van der Waals surface area contributed by atoms with E-state index in [1.54, 1.807) is 4.90 Å². The lowest BCUT2D eigenvalue weighted by molar-refractivity contribution is -0.0694. The summed E-state index contributed by atoms with van der Waals surface area (Å²) in [6.45, 7) is 12.1. The molecule has 2 N–H and O–H groups in total. The summed E-state index contributed by atoms with van der Waals surface area (Å²) in [6.07, 6.45) is 8.07. The zero-order valence-electron chi connectivity index (χ0n) is 17.5. The van der Waals surface area contributed by atoms with Gasteiger partial charge in [0.25, 0.3) is 0 Å². The number of nitrogens with one attached hydrogen (secondary N) is 1. The van der Waals surface area contributed by atoms with Gasteiger partial charge in [0, 0.05) is 32.2 Å². The van der Waals surface area contributed by atoms with Crippen molar-refractivity contribution in [1.82, 2.24) is 15.1 Å². The lowest BCUT2D eigenvalue weighted by Crippen LogP contribution is -2.63. The molecule has 0 radical (unpaired) electrons. The fourth-order valence-electron chi connectivity index (χ4n) is 4.47. The van der Waals surface area contributed by atoms with Crippen molar-refractivity contribution < 1.29 is 14.6 Å². The van der Waals surface area contributed by atoms with Crippen molar-refractivity contribution in [2.24, 2.45) is 5.41 Å². The lowest BCUT2D eigenvalue weighted by Gasteiger charge is -2.57. The summed E-state index contributed by atoms with van der Waals surface area (Å²) in [5.74, 6) is 0. The number of ether oxygens (including phenoxy) is 1. The molecule has 4 aliphatic rings. The van der Waals surface area contributed by atoms with E-state index in [4.69, 9.17) is 4.74 Å². The molecule has 0 bridgehead atoms. The average molecular weight is 382 g/mol. The number of aliphatic hydroxyl groups excluding tert-OH is 1. The van der Waals surface area contributed by atoms with Crippen LogP contribution in [0.1, 0.15) is 65.7 Å². The van der Waals surface area contributed by atoms with Crippen LogP contribution in [0, 0.1) is 5.41 Å². The topological polar surface area (TPSA) is 65.0 Å². The number of aliphatic hydroxyl groups is 1. The standard InChI is InChI=1S/C11H20N2.C10H19NO3/c1-2-10(3-1)13-8-11(9-13)4-6-12-7-5-11;1-10(2,3)14-9(13)11-6-4-8(12)5-7-11/h10,12H,1-9H2;8,12H,4-7H2,1-3H3. The Balaban J connectivity index is 0.000000156. The van der Waals surface area contributed by atoms with Crippen LogP contribution < -0.4 is 5.32 Å². The molecule has 0 atom stereocenters. The van der Waals surface area contributed by atoms with Crippen LogP contribution in [0.5, 0.6) is 0 Å². The smallest absolute Gasteiger partial charge is 0.410 e. The molecule has 3 aliphatic heterocycles. The Morgan fingerprint density at radius 2 is 1.67 bits per heavy atom. The second kappa shape index (κ2) is 8.66. The number of rotatable bonds is 1. The molecule has 4 rings (SSSR count). The number of hydrogen-bond acceptors (Lipinski definition) is 5. The number of likely N-dealkylation sites (tertiary alicyclic amines) is 2.